The lowest BCUT2D eigenvalue weighted by molar-refractivity contribution is -0.142. The Balaban J connectivity index is 0.00000533. The summed E-state index contributed by atoms with van der Waals surface area (Å²) in [6.07, 6.45) is 6.50. The third-order valence-corrected chi connectivity index (χ3v) is 6.16. The number of carbonyl (C=O) groups is 2. The van der Waals surface area contributed by atoms with Crippen LogP contribution < -0.4 is 14.0 Å². The number of rotatable bonds is 15. The van der Waals surface area contributed by atoms with Gasteiger partial charge < -0.3 is 14.2 Å². The second kappa shape index (κ2) is 16.4. The number of hydrogen-bond donors (Lipinski definition) is 0. The van der Waals surface area contributed by atoms with Crippen LogP contribution in [0.2, 0.25) is 0 Å². The summed E-state index contributed by atoms with van der Waals surface area (Å²) in [6, 6.07) is 24.2. The molecule has 0 saturated carbocycles. The van der Waals surface area contributed by atoms with Crippen LogP contribution in [0.4, 0.5) is 5.69 Å². The Kier molecular flexibility index (Phi) is 13.2. The first-order valence-electron chi connectivity index (χ1n) is 13.4. The molecule has 6 nitrogen and oxygen atoms in total. The van der Waals surface area contributed by atoms with Crippen LogP contribution in [0.1, 0.15) is 61.9 Å². The van der Waals surface area contributed by atoms with E-state index in [-0.39, 0.29) is 19.4 Å². The van der Waals surface area contributed by atoms with Gasteiger partial charge in [0.1, 0.15) is 17.2 Å². The molecule has 0 atom stereocenters. The number of benzene rings is 3. The zero-order valence-corrected chi connectivity index (χ0v) is 22.9. The fourth-order valence-corrected chi connectivity index (χ4v) is 3.93. The normalized spacial score (nSPS) is 10.8. The van der Waals surface area contributed by atoms with E-state index in [1.165, 1.54) is 5.69 Å². The van der Waals surface area contributed by atoms with Crippen LogP contribution in [0.5, 0.6) is 11.5 Å². The zero-order chi connectivity index (χ0) is 27.2. The summed E-state index contributed by atoms with van der Waals surface area (Å²) in [5.41, 5.74) is 2.69. The van der Waals surface area contributed by atoms with Crippen LogP contribution in [0.3, 0.4) is 0 Å². The maximum absolute atomic E-state index is 12.2. The van der Waals surface area contributed by atoms with Gasteiger partial charge in [0.25, 0.3) is 0 Å². The summed E-state index contributed by atoms with van der Waals surface area (Å²) in [6.45, 7) is 1.09. The van der Waals surface area contributed by atoms with E-state index < -0.39 is 0 Å². The number of hydrogen-bond acceptors (Lipinski definition) is 5. The van der Waals surface area contributed by atoms with Gasteiger partial charge in [-0.2, -0.15) is 0 Å². The maximum Gasteiger partial charge on any atom is 0.343 e. The van der Waals surface area contributed by atoms with Gasteiger partial charge in [0, 0.05) is 6.07 Å². The van der Waals surface area contributed by atoms with Crippen molar-refractivity contribution in [2.45, 2.75) is 52.4 Å². The largest absolute Gasteiger partial charge is 0.493 e. The number of nitrogens with zero attached hydrogens (tertiary/aromatic N) is 1. The molecule has 0 aliphatic rings. The highest BCUT2D eigenvalue weighted by molar-refractivity contribution is 5.91. The molecule has 39 heavy (non-hydrogen) atoms. The fraction of sp³-hybridized carbons (Fsp3) is 0.394. The molecule has 0 heterocycles. The molecule has 0 aliphatic carbocycles. The molecule has 0 radical (unpaired) electrons. The van der Waals surface area contributed by atoms with Crippen LogP contribution in [-0.2, 0) is 16.0 Å². The van der Waals surface area contributed by atoms with E-state index in [4.69, 9.17) is 14.2 Å². The molecule has 0 fully saturated rings. The van der Waals surface area contributed by atoms with Crippen LogP contribution in [-0.4, -0.2) is 46.3 Å². The molecule has 6 heteroatoms. The van der Waals surface area contributed by atoms with Crippen LogP contribution in [0.25, 0.3) is 0 Å². The van der Waals surface area contributed by atoms with E-state index in [2.05, 4.69) is 33.3 Å². The van der Waals surface area contributed by atoms with Gasteiger partial charge in [0.2, 0.25) is 0 Å². The predicted molar refractivity (Wildman–Crippen MR) is 158 cm³/mol. The van der Waals surface area contributed by atoms with Crippen molar-refractivity contribution in [3.8, 4) is 11.5 Å². The van der Waals surface area contributed by atoms with E-state index in [9.17, 15) is 9.59 Å². The zero-order valence-electron chi connectivity index (χ0n) is 22.9. The minimum absolute atomic E-state index is 0. The molecule has 0 N–H and O–H groups in total. The number of unbranched alkanes of at least 4 members (excludes halogenated alkanes) is 5. The Bertz CT molecular complexity index is 1140. The van der Waals surface area contributed by atoms with E-state index >= 15 is 0 Å². The van der Waals surface area contributed by atoms with E-state index in [0.29, 0.717) is 36.7 Å². The lowest BCUT2D eigenvalue weighted by Gasteiger charge is -2.23. The van der Waals surface area contributed by atoms with E-state index in [0.717, 1.165) is 48.6 Å². The fourth-order valence-electron chi connectivity index (χ4n) is 3.93. The topological polar surface area (TPSA) is 61.8 Å². The summed E-state index contributed by atoms with van der Waals surface area (Å²) >= 11 is 0. The van der Waals surface area contributed by atoms with Crippen molar-refractivity contribution in [1.82, 2.24) is 4.48 Å². The standard InChI is InChI=1S/C32H40NO5.CH4/c1-33(2,3)28-20-18-26(19-21-28)24-31(34)37-23-12-7-5-4-6-11-22-36-29-16-13-17-30(25-29)38-32(35)27-14-9-8-10-15-27;/h8-10,13-21,25H,4-7,11-12,22-24H2,1-3H3;1H4/q+1;. The van der Waals surface area contributed by atoms with Gasteiger partial charge in [-0.3, -0.25) is 9.28 Å². The molecule has 0 unspecified atom stereocenters. The van der Waals surface area contributed by atoms with Crippen molar-refractivity contribution in [2.24, 2.45) is 0 Å². The van der Waals surface area contributed by atoms with Crippen molar-refractivity contribution in [3.63, 3.8) is 0 Å². The lowest BCUT2D eigenvalue weighted by Crippen LogP contribution is -2.34. The van der Waals surface area contributed by atoms with Crippen molar-refractivity contribution >= 4 is 17.6 Å². The van der Waals surface area contributed by atoms with Crippen molar-refractivity contribution in [2.75, 3.05) is 34.4 Å². The number of ether oxygens (including phenoxy) is 3. The minimum atomic E-state index is -0.386. The smallest absolute Gasteiger partial charge is 0.343 e. The molecule has 0 aromatic heterocycles. The Morgan fingerprint density at radius 1 is 0.692 bits per heavy atom. The molecular formula is C33H44NO5+. The summed E-state index contributed by atoms with van der Waals surface area (Å²) < 4.78 is 17.4. The molecule has 0 saturated heterocycles. The van der Waals surface area contributed by atoms with Gasteiger partial charge >= 0.3 is 11.9 Å². The van der Waals surface area contributed by atoms with Gasteiger partial charge in [-0.15, -0.1) is 0 Å². The third kappa shape index (κ3) is 11.7. The molecule has 3 rings (SSSR count). The average molecular weight is 535 g/mol. The Morgan fingerprint density at radius 3 is 1.97 bits per heavy atom. The van der Waals surface area contributed by atoms with Gasteiger partial charge in [0.15, 0.2) is 0 Å². The van der Waals surface area contributed by atoms with Crippen LogP contribution in [0.15, 0.2) is 78.9 Å². The Morgan fingerprint density at radius 2 is 1.31 bits per heavy atom. The first-order valence-corrected chi connectivity index (χ1v) is 13.4. The highest BCUT2D eigenvalue weighted by Crippen LogP contribution is 2.21. The second-order valence-corrected chi connectivity index (χ2v) is 10.3. The summed E-state index contributed by atoms with van der Waals surface area (Å²) in [7, 11) is 6.35. The molecule has 210 valence electrons. The molecule has 3 aromatic rings. The summed E-state index contributed by atoms with van der Waals surface area (Å²) in [5, 5.41) is 0. The van der Waals surface area contributed by atoms with Crippen LogP contribution >= 0.6 is 0 Å². The maximum atomic E-state index is 12.2. The van der Waals surface area contributed by atoms with E-state index in [1.54, 1.807) is 36.4 Å². The van der Waals surface area contributed by atoms with Gasteiger partial charge in [-0.25, -0.2) is 4.79 Å². The lowest BCUT2D eigenvalue weighted by atomic mass is 10.1. The predicted octanol–water partition coefficient (Wildman–Crippen LogP) is 7.24. The van der Waals surface area contributed by atoms with Gasteiger partial charge in [-0.05, 0) is 54.8 Å². The van der Waals surface area contributed by atoms with Gasteiger partial charge in [0.05, 0.1) is 46.3 Å². The number of esters is 2. The Hall–Kier alpha value is -3.64. The summed E-state index contributed by atoms with van der Waals surface area (Å²) in [5.74, 6) is 0.603. The molecule has 0 amide bonds. The number of carbonyl (C=O) groups excluding carboxylic acids is 2. The highest BCUT2D eigenvalue weighted by atomic mass is 16.5. The monoisotopic (exact) mass is 534 g/mol. The first-order chi connectivity index (χ1) is 18.3. The van der Waals surface area contributed by atoms with Crippen LogP contribution in [0, 0.1) is 0 Å². The van der Waals surface area contributed by atoms with E-state index in [1.807, 2.05) is 30.3 Å². The Labute approximate surface area is 234 Å². The number of quaternary nitrogens is 1. The van der Waals surface area contributed by atoms with Crippen molar-refractivity contribution in [3.05, 3.63) is 90.0 Å². The molecule has 3 aromatic carbocycles. The van der Waals surface area contributed by atoms with Crippen molar-refractivity contribution < 1.29 is 23.8 Å². The quantitative estimate of drug-likeness (QED) is 0.0890. The molecule has 0 aliphatic heterocycles. The molecular weight excluding hydrogens is 490 g/mol. The third-order valence-electron chi connectivity index (χ3n) is 6.16. The molecule has 0 bridgehead atoms. The average Bonchev–Trinajstić information content (AvgIpc) is 2.90. The second-order valence-electron chi connectivity index (χ2n) is 10.3. The molecule has 0 spiro atoms. The highest BCUT2D eigenvalue weighted by Gasteiger charge is 2.12. The van der Waals surface area contributed by atoms with Gasteiger partial charge in [-0.1, -0.05) is 69.5 Å². The minimum Gasteiger partial charge on any atom is -0.493 e. The first kappa shape index (κ1) is 31.6. The summed E-state index contributed by atoms with van der Waals surface area (Å²) in [4.78, 5) is 24.3. The SMILES string of the molecule is C.C[N+](C)(C)c1ccc(CC(=O)OCCCCCCCCOc2cccc(OC(=O)c3ccccc3)c2)cc1. The van der Waals surface area contributed by atoms with Crippen molar-refractivity contribution in [1.29, 1.82) is 0 Å².